The number of anilines is 2. The summed E-state index contributed by atoms with van der Waals surface area (Å²) in [7, 11) is 1.93. The zero-order chi connectivity index (χ0) is 35.8. The van der Waals surface area contributed by atoms with Gasteiger partial charge in [-0.3, -0.25) is 9.59 Å². The predicted octanol–water partition coefficient (Wildman–Crippen LogP) is 8.89. The van der Waals surface area contributed by atoms with E-state index in [1.165, 1.54) is 29.0 Å². The van der Waals surface area contributed by atoms with E-state index in [9.17, 15) is 14.0 Å². The Hall–Kier alpha value is -5.05. The van der Waals surface area contributed by atoms with E-state index >= 15 is 0 Å². The number of aromatic nitrogens is 4. The Labute approximate surface area is 301 Å². The number of unbranched alkanes of at least 4 members (excludes halogenated alkanes) is 2. The molecular formula is C42H51FN6O2. The molecule has 1 fully saturated rings. The van der Waals surface area contributed by atoms with E-state index in [0.717, 1.165) is 87.0 Å². The van der Waals surface area contributed by atoms with Gasteiger partial charge < -0.3 is 14.4 Å². The minimum Gasteiger partial charge on any atom is -0.342 e. The van der Waals surface area contributed by atoms with Crippen molar-refractivity contribution in [2.45, 2.75) is 83.7 Å². The highest BCUT2D eigenvalue weighted by Gasteiger charge is 2.28. The van der Waals surface area contributed by atoms with Gasteiger partial charge in [-0.1, -0.05) is 79.8 Å². The van der Waals surface area contributed by atoms with Gasteiger partial charge in [-0.25, -0.2) is 18.9 Å². The summed E-state index contributed by atoms with van der Waals surface area (Å²) in [6.07, 6.45) is 27.3. The molecule has 3 heterocycles. The molecule has 0 atom stereocenters. The minimum absolute atomic E-state index is 0.0997. The van der Waals surface area contributed by atoms with Crippen LogP contribution < -0.4 is 15.4 Å². The lowest BCUT2D eigenvalue weighted by atomic mass is 10.0. The third kappa shape index (κ3) is 10.5. The number of benzene rings is 2. The maximum absolute atomic E-state index is 13.6. The standard InChI is InChI=1S/C42H51FN6O2/c1-3-4-5-6-7-8-9-10-11-12-13-14-15-16-17-22-39(50)49-40(51)27-30-44-41(49)46(2)36-28-31-47(32-29-36)42-45-37-20-18-19-21-38(37)48(42)33-34-23-25-35(43)26-24-34/h4-5,7-8,10-11,13-14,18-21,23-27,30,36H,3,6,9,12,15-17,22,28-29,31-33H2,1-2H3/b5-4-,8-7-,11-10-,14-13-. The van der Waals surface area contributed by atoms with Crippen molar-refractivity contribution in [1.82, 2.24) is 19.1 Å². The van der Waals surface area contributed by atoms with E-state index < -0.39 is 0 Å². The van der Waals surface area contributed by atoms with E-state index in [0.29, 0.717) is 25.3 Å². The molecule has 0 N–H and O–H groups in total. The van der Waals surface area contributed by atoms with E-state index in [-0.39, 0.29) is 23.3 Å². The van der Waals surface area contributed by atoms with Crippen LogP contribution in [-0.4, -0.2) is 51.2 Å². The van der Waals surface area contributed by atoms with Crippen molar-refractivity contribution < 1.29 is 9.18 Å². The van der Waals surface area contributed by atoms with E-state index in [1.807, 2.05) is 42.3 Å². The summed E-state index contributed by atoms with van der Waals surface area (Å²) in [5, 5.41) is 0. The average Bonchev–Trinajstić information content (AvgIpc) is 3.51. The molecule has 0 radical (unpaired) electrons. The Morgan fingerprint density at radius 2 is 1.55 bits per heavy atom. The average molecular weight is 691 g/mol. The second-order valence-electron chi connectivity index (χ2n) is 13.0. The molecule has 1 saturated heterocycles. The van der Waals surface area contributed by atoms with Gasteiger partial charge in [0, 0.05) is 44.9 Å². The smallest absolute Gasteiger partial charge is 0.261 e. The number of hydrogen-bond acceptors (Lipinski definition) is 6. The largest absolute Gasteiger partial charge is 0.342 e. The van der Waals surface area contributed by atoms with Crippen LogP contribution >= 0.6 is 0 Å². The number of hydrogen-bond donors (Lipinski definition) is 0. The molecule has 2 aromatic heterocycles. The lowest BCUT2D eigenvalue weighted by Gasteiger charge is -2.38. The van der Waals surface area contributed by atoms with Crippen LogP contribution in [0, 0.1) is 5.82 Å². The molecule has 2 aromatic carbocycles. The molecule has 0 amide bonds. The molecule has 5 rings (SSSR count). The van der Waals surface area contributed by atoms with E-state index in [4.69, 9.17) is 4.98 Å². The minimum atomic E-state index is -0.345. The maximum atomic E-state index is 13.6. The van der Waals surface area contributed by atoms with Crippen LogP contribution in [0.1, 0.15) is 81.5 Å². The summed E-state index contributed by atoms with van der Waals surface area (Å²) in [4.78, 5) is 40.1. The molecule has 1 aliphatic rings. The number of rotatable bonds is 17. The zero-order valence-electron chi connectivity index (χ0n) is 30.0. The fourth-order valence-corrected chi connectivity index (χ4v) is 6.48. The molecule has 0 bridgehead atoms. The fraction of sp³-hybridized carbons (Fsp3) is 0.381. The summed E-state index contributed by atoms with van der Waals surface area (Å²) in [6, 6.07) is 16.1. The van der Waals surface area contributed by atoms with Gasteiger partial charge in [0.05, 0.1) is 17.6 Å². The molecule has 1 aliphatic heterocycles. The van der Waals surface area contributed by atoms with Gasteiger partial charge >= 0.3 is 0 Å². The van der Waals surface area contributed by atoms with E-state index in [1.54, 1.807) is 0 Å². The highest BCUT2D eigenvalue weighted by Crippen LogP contribution is 2.28. The lowest BCUT2D eigenvalue weighted by Crippen LogP contribution is -2.46. The van der Waals surface area contributed by atoms with Crippen molar-refractivity contribution in [2.75, 3.05) is 29.9 Å². The number of carbonyl (C=O) groups is 1. The number of para-hydroxylation sites is 2. The number of carbonyl (C=O) groups excluding carboxylic acids is 1. The predicted molar refractivity (Wildman–Crippen MR) is 207 cm³/mol. The number of halogens is 1. The molecular weight excluding hydrogens is 640 g/mol. The van der Waals surface area contributed by atoms with Crippen molar-refractivity contribution in [3.63, 3.8) is 0 Å². The zero-order valence-corrected chi connectivity index (χ0v) is 30.0. The van der Waals surface area contributed by atoms with Gasteiger partial charge in [-0.2, -0.15) is 0 Å². The Bertz CT molecular complexity index is 1880. The molecule has 0 saturated carbocycles. The highest BCUT2D eigenvalue weighted by molar-refractivity contribution is 5.81. The third-order valence-corrected chi connectivity index (χ3v) is 9.31. The Morgan fingerprint density at radius 3 is 2.25 bits per heavy atom. The molecule has 8 nitrogen and oxygen atoms in total. The summed E-state index contributed by atoms with van der Waals surface area (Å²) < 4.78 is 17.1. The number of imidazole rings is 1. The molecule has 9 heteroatoms. The summed E-state index contributed by atoms with van der Waals surface area (Å²) in [5.41, 5.74) is 2.61. The first-order chi connectivity index (χ1) is 25.0. The number of nitrogens with zero attached hydrogens (tertiary/aromatic N) is 6. The van der Waals surface area contributed by atoms with E-state index in [2.05, 4.69) is 76.0 Å². The summed E-state index contributed by atoms with van der Waals surface area (Å²) >= 11 is 0. The summed E-state index contributed by atoms with van der Waals surface area (Å²) in [6.45, 7) is 4.23. The monoisotopic (exact) mass is 690 g/mol. The van der Waals surface area contributed by atoms with Gasteiger partial charge in [0.15, 0.2) is 0 Å². The number of piperidine rings is 1. The molecule has 0 unspecified atom stereocenters. The van der Waals surface area contributed by atoms with Gasteiger partial charge in [0.25, 0.3) is 5.56 Å². The molecule has 51 heavy (non-hydrogen) atoms. The third-order valence-electron chi connectivity index (χ3n) is 9.31. The Balaban J connectivity index is 1.12. The molecule has 4 aromatic rings. The lowest BCUT2D eigenvalue weighted by molar-refractivity contribution is 0.0895. The molecule has 0 spiro atoms. The number of allylic oxidation sites excluding steroid dienone is 8. The van der Waals surface area contributed by atoms with Crippen LogP contribution in [0.2, 0.25) is 0 Å². The number of fused-ring (bicyclic) bond motifs is 1. The van der Waals surface area contributed by atoms with Crippen molar-refractivity contribution in [3.05, 3.63) is 131 Å². The quantitative estimate of drug-likeness (QED) is 0.0814. The normalized spacial score (nSPS) is 14.3. The van der Waals surface area contributed by atoms with Crippen LogP contribution in [0.15, 0.2) is 114 Å². The van der Waals surface area contributed by atoms with Crippen LogP contribution in [-0.2, 0) is 6.54 Å². The van der Waals surface area contributed by atoms with Crippen LogP contribution in [0.25, 0.3) is 11.0 Å². The van der Waals surface area contributed by atoms with Gasteiger partial charge in [0.2, 0.25) is 17.8 Å². The maximum Gasteiger partial charge on any atom is 0.261 e. The topological polar surface area (TPSA) is 76.3 Å². The van der Waals surface area contributed by atoms with Crippen LogP contribution in [0.3, 0.4) is 0 Å². The molecule has 0 aliphatic carbocycles. The summed E-state index contributed by atoms with van der Waals surface area (Å²) in [5.74, 6) is 0.815. The van der Waals surface area contributed by atoms with Crippen molar-refractivity contribution in [1.29, 1.82) is 0 Å². The second kappa shape index (κ2) is 19.4. The van der Waals surface area contributed by atoms with Crippen molar-refractivity contribution in [2.24, 2.45) is 0 Å². The Kier molecular flexibility index (Phi) is 14.1. The van der Waals surface area contributed by atoms with Gasteiger partial charge in [-0.15, -0.1) is 0 Å². The highest BCUT2D eigenvalue weighted by atomic mass is 19.1. The van der Waals surface area contributed by atoms with Crippen LogP contribution in [0.5, 0.6) is 0 Å². The van der Waals surface area contributed by atoms with Gasteiger partial charge in [-0.05, 0) is 87.6 Å². The first-order valence-electron chi connectivity index (χ1n) is 18.3. The first kappa shape index (κ1) is 37.2. The Morgan fingerprint density at radius 1 is 0.882 bits per heavy atom. The van der Waals surface area contributed by atoms with Crippen molar-refractivity contribution in [3.8, 4) is 0 Å². The van der Waals surface area contributed by atoms with Gasteiger partial charge in [0.1, 0.15) is 5.82 Å². The first-order valence-corrected chi connectivity index (χ1v) is 18.3. The van der Waals surface area contributed by atoms with Crippen LogP contribution in [0.4, 0.5) is 16.3 Å². The fourth-order valence-electron chi connectivity index (χ4n) is 6.48. The molecule has 268 valence electrons. The van der Waals surface area contributed by atoms with Crippen molar-refractivity contribution >= 4 is 28.8 Å². The second-order valence-corrected chi connectivity index (χ2v) is 13.0. The SMILES string of the molecule is CC/C=C\C/C=C\C/C=C\C/C=C\CCCCC(=O)n1c(N(C)C2CCN(c3nc4ccccc4n3Cc3ccc(F)cc3)CC2)nccc1=O.